The lowest BCUT2D eigenvalue weighted by Gasteiger charge is -2.30. The lowest BCUT2D eigenvalue weighted by Crippen LogP contribution is -2.45. The van der Waals surface area contributed by atoms with Crippen molar-refractivity contribution in [2.24, 2.45) is 11.7 Å². The molecule has 1 unspecified atom stereocenters. The molecule has 3 N–H and O–H groups in total. The highest BCUT2D eigenvalue weighted by atomic mass is 16.5. The number of anilines is 1. The predicted molar refractivity (Wildman–Crippen MR) is 69.4 cm³/mol. The first-order valence-electron chi connectivity index (χ1n) is 6.12. The molecular weight excluding hydrogens is 230 g/mol. The Morgan fingerprint density at radius 1 is 1.67 bits per heavy atom. The van der Waals surface area contributed by atoms with Crippen molar-refractivity contribution in [2.75, 3.05) is 19.0 Å². The maximum atomic E-state index is 11.7. The zero-order valence-electron chi connectivity index (χ0n) is 10.8. The number of carbonyl (C=O) groups excluding carboxylic acids is 1. The van der Waals surface area contributed by atoms with E-state index in [-0.39, 0.29) is 11.5 Å². The highest BCUT2D eigenvalue weighted by Gasteiger charge is 2.41. The summed E-state index contributed by atoms with van der Waals surface area (Å²) in [6, 6.07) is 3.42. The summed E-state index contributed by atoms with van der Waals surface area (Å²) in [5, 5.41) is 3.31. The van der Waals surface area contributed by atoms with E-state index in [1.165, 1.54) is 20.0 Å². The van der Waals surface area contributed by atoms with Crippen molar-refractivity contribution in [3.8, 4) is 0 Å². The van der Waals surface area contributed by atoms with E-state index in [9.17, 15) is 4.79 Å². The van der Waals surface area contributed by atoms with Crippen molar-refractivity contribution in [2.45, 2.75) is 25.3 Å². The summed E-state index contributed by atoms with van der Waals surface area (Å²) in [5.41, 5.74) is 6.08. The van der Waals surface area contributed by atoms with Gasteiger partial charge in [0.15, 0.2) is 0 Å². The van der Waals surface area contributed by atoms with E-state index in [4.69, 9.17) is 10.5 Å². The number of esters is 1. The zero-order chi connectivity index (χ0) is 13.2. The van der Waals surface area contributed by atoms with Gasteiger partial charge >= 0.3 is 5.97 Å². The Hall–Kier alpha value is -1.62. The summed E-state index contributed by atoms with van der Waals surface area (Å²) in [6.07, 6.45) is 3.99. The van der Waals surface area contributed by atoms with Crippen molar-refractivity contribution in [3.05, 3.63) is 23.9 Å². The van der Waals surface area contributed by atoms with Crippen LogP contribution in [0.15, 0.2) is 18.3 Å². The average molecular weight is 249 g/mol. The van der Waals surface area contributed by atoms with Gasteiger partial charge in [-0.15, -0.1) is 0 Å². The Labute approximate surface area is 107 Å². The lowest BCUT2D eigenvalue weighted by atomic mass is 9.95. The van der Waals surface area contributed by atoms with Gasteiger partial charge in [-0.05, 0) is 37.8 Å². The maximum absolute atomic E-state index is 11.7. The second-order valence-electron chi connectivity index (χ2n) is 4.91. The molecule has 0 spiro atoms. The highest BCUT2D eigenvalue weighted by Crippen LogP contribution is 2.40. The van der Waals surface area contributed by atoms with Gasteiger partial charge in [0, 0.05) is 12.7 Å². The number of aromatic nitrogens is 1. The van der Waals surface area contributed by atoms with Crippen molar-refractivity contribution < 1.29 is 9.53 Å². The topological polar surface area (TPSA) is 77.2 Å². The van der Waals surface area contributed by atoms with Gasteiger partial charge in [0.25, 0.3) is 0 Å². The Balaban J connectivity index is 2.25. The number of nitrogens with one attached hydrogen (secondary N) is 1. The van der Waals surface area contributed by atoms with Crippen molar-refractivity contribution >= 4 is 11.8 Å². The van der Waals surface area contributed by atoms with E-state index >= 15 is 0 Å². The van der Waals surface area contributed by atoms with E-state index in [1.807, 2.05) is 0 Å². The van der Waals surface area contributed by atoms with Gasteiger partial charge in [-0.25, -0.2) is 9.78 Å². The monoisotopic (exact) mass is 249 g/mol. The summed E-state index contributed by atoms with van der Waals surface area (Å²) in [4.78, 5) is 15.9. The number of methoxy groups -OCH3 is 1. The summed E-state index contributed by atoms with van der Waals surface area (Å²) < 4.78 is 4.75. The molecule has 0 bridgehead atoms. The Morgan fingerprint density at radius 2 is 2.39 bits per heavy atom. The zero-order valence-corrected chi connectivity index (χ0v) is 10.8. The van der Waals surface area contributed by atoms with Crippen molar-refractivity contribution in [1.82, 2.24) is 4.98 Å². The molecule has 5 heteroatoms. The number of carbonyl (C=O) groups is 1. The van der Waals surface area contributed by atoms with Crippen LogP contribution in [-0.4, -0.2) is 30.1 Å². The number of nitrogens with two attached hydrogens (primary N) is 1. The molecule has 18 heavy (non-hydrogen) atoms. The molecular formula is C13H19N3O2. The first-order valence-corrected chi connectivity index (χ1v) is 6.12. The average Bonchev–Trinajstić information content (AvgIpc) is 3.23. The third-order valence-corrected chi connectivity index (χ3v) is 3.52. The molecule has 1 heterocycles. The quantitative estimate of drug-likeness (QED) is 0.771. The molecule has 1 fully saturated rings. The normalized spacial score (nSPS) is 17.9. The van der Waals surface area contributed by atoms with Crippen LogP contribution in [0.4, 0.5) is 5.82 Å². The highest BCUT2D eigenvalue weighted by molar-refractivity contribution is 5.94. The van der Waals surface area contributed by atoms with Crippen LogP contribution in [0.2, 0.25) is 0 Å². The third-order valence-electron chi connectivity index (χ3n) is 3.52. The van der Waals surface area contributed by atoms with Gasteiger partial charge < -0.3 is 15.8 Å². The molecule has 98 valence electrons. The van der Waals surface area contributed by atoms with E-state index in [2.05, 4.69) is 17.2 Å². The Kier molecular flexibility index (Phi) is 3.52. The minimum atomic E-state index is -0.388. The summed E-state index contributed by atoms with van der Waals surface area (Å²) >= 11 is 0. The molecule has 0 radical (unpaired) electrons. The fraction of sp³-hybridized carbons (Fsp3) is 0.538. The maximum Gasteiger partial charge on any atom is 0.341 e. The number of rotatable bonds is 5. The minimum Gasteiger partial charge on any atom is -0.465 e. The van der Waals surface area contributed by atoms with Gasteiger partial charge in [-0.3, -0.25) is 0 Å². The van der Waals surface area contributed by atoms with Crippen molar-refractivity contribution in [1.29, 1.82) is 0 Å². The summed E-state index contributed by atoms with van der Waals surface area (Å²) in [6.45, 7) is 2.58. The van der Waals surface area contributed by atoms with E-state index in [0.29, 0.717) is 23.8 Å². The fourth-order valence-electron chi connectivity index (χ4n) is 2.09. The molecule has 1 atom stereocenters. The molecule has 0 saturated heterocycles. The molecule has 1 saturated carbocycles. The van der Waals surface area contributed by atoms with E-state index < -0.39 is 0 Å². The number of hydrogen-bond donors (Lipinski definition) is 2. The second kappa shape index (κ2) is 4.94. The molecule has 1 aromatic heterocycles. The molecule has 0 aromatic carbocycles. The largest absolute Gasteiger partial charge is 0.465 e. The molecule has 5 nitrogen and oxygen atoms in total. The van der Waals surface area contributed by atoms with Crippen LogP contribution in [-0.2, 0) is 4.74 Å². The fourth-order valence-corrected chi connectivity index (χ4v) is 2.09. The number of hydrogen-bond acceptors (Lipinski definition) is 5. The van der Waals surface area contributed by atoms with E-state index in [0.717, 1.165) is 0 Å². The lowest BCUT2D eigenvalue weighted by molar-refractivity contribution is 0.0601. The first kappa shape index (κ1) is 12.8. The molecule has 2 rings (SSSR count). The minimum absolute atomic E-state index is 0.211. The van der Waals surface area contributed by atoms with Crippen LogP contribution in [0.3, 0.4) is 0 Å². The number of nitrogens with zero attached hydrogens (tertiary/aromatic N) is 1. The van der Waals surface area contributed by atoms with Gasteiger partial charge in [-0.1, -0.05) is 0 Å². The number of pyridine rings is 1. The molecule has 0 aliphatic heterocycles. The molecule has 0 amide bonds. The second-order valence-corrected chi connectivity index (χ2v) is 4.91. The third kappa shape index (κ3) is 2.46. The van der Waals surface area contributed by atoms with Crippen LogP contribution in [0, 0.1) is 5.92 Å². The first-order chi connectivity index (χ1) is 8.60. The number of ether oxygens (including phenoxy) is 1. The SMILES string of the molecule is COC(=O)c1cccnc1NC(C)(CN)C1CC1. The Bertz CT molecular complexity index is 446. The molecule has 1 aliphatic carbocycles. The summed E-state index contributed by atoms with van der Waals surface area (Å²) in [7, 11) is 1.36. The van der Waals surface area contributed by atoms with Gasteiger partial charge in [0.05, 0.1) is 12.6 Å². The van der Waals surface area contributed by atoms with Crippen LogP contribution < -0.4 is 11.1 Å². The van der Waals surface area contributed by atoms with Crippen LogP contribution in [0.1, 0.15) is 30.1 Å². The summed E-state index contributed by atoms with van der Waals surface area (Å²) in [5.74, 6) is 0.708. The molecule has 1 aromatic rings. The van der Waals surface area contributed by atoms with Crippen LogP contribution >= 0.6 is 0 Å². The van der Waals surface area contributed by atoms with Gasteiger partial charge in [0.1, 0.15) is 11.4 Å². The van der Waals surface area contributed by atoms with Gasteiger partial charge in [-0.2, -0.15) is 0 Å². The predicted octanol–water partition coefficient (Wildman–Crippen LogP) is 1.41. The van der Waals surface area contributed by atoms with Crippen LogP contribution in [0.5, 0.6) is 0 Å². The van der Waals surface area contributed by atoms with Gasteiger partial charge in [0.2, 0.25) is 0 Å². The Morgan fingerprint density at radius 3 is 2.94 bits per heavy atom. The van der Waals surface area contributed by atoms with E-state index in [1.54, 1.807) is 18.3 Å². The smallest absolute Gasteiger partial charge is 0.341 e. The van der Waals surface area contributed by atoms with Crippen LogP contribution in [0.25, 0.3) is 0 Å². The molecule has 1 aliphatic rings. The standard InChI is InChI=1S/C13H19N3O2/c1-13(8-14,9-5-6-9)16-11-10(12(17)18-2)4-3-7-15-11/h3-4,7,9H,5-6,8,14H2,1-2H3,(H,15,16). The van der Waals surface area contributed by atoms with Crippen molar-refractivity contribution in [3.63, 3.8) is 0 Å².